The smallest absolute Gasteiger partial charge is 0.107 e. The minimum absolute atomic E-state index is 0.199. The summed E-state index contributed by atoms with van der Waals surface area (Å²) < 4.78 is 4.10. The molecule has 2 nitrogen and oxygen atoms in total. The quantitative estimate of drug-likeness (QED) is 0.738. The minimum atomic E-state index is -0.778. The van der Waals surface area contributed by atoms with Crippen molar-refractivity contribution in [2.45, 2.75) is 26.4 Å². The molecule has 1 aromatic heterocycles. The van der Waals surface area contributed by atoms with Crippen LogP contribution in [0.15, 0.2) is 11.4 Å². The van der Waals surface area contributed by atoms with Crippen LogP contribution in [-0.4, -0.2) is 9.48 Å². The predicted molar refractivity (Wildman–Crippen MR) is 46.5 cm³/mol. The Morgan fingerprint density at radius 3 is 2.64 bits per heavy atom. The molecule has 1 atom stereocenters. The van der Waals surface area contributed by atoms with Crippen molar-refractivity contribution < 1.29 is 5.11 Å². The van der Waals surface area contributed by atoms with E-state index in [1.807, 2.05) is 25.3 Å². The fourth-order valence-electron chi connectivity index (χ4n) is 0.769. The molecule has 0 saturated carbocycles. The Labute approximate surface area is 71.1 Å². The van der Waals surface area contributed by atoms with Crippen molar-refractivity contribution in [3.05, 3.63) is 17.1 Å². The average molecular weight is 171 g/mol. The van der Waals surface area contributed by atoms with Crippen LogP contribution in [0.4, 0.5) is 0 Å². The van der Waals surface area contributed by atoms with Crippen LogP contribution in [0.5, 0.6) is 0 Å². The second-order valence-corrected chi connectivity index (χ2v) is 3.85. The summed E-state index contributed by atoms with van der Waals surface area (Å²) in [6.45, 7) is 5.77. The van der Waals surface area contributed by atoms with E-state index in [2.05, 4.69) is 4.37 Å². The van der Waals surface area contributed by atoms with Gasteiger partial charge in [0.25, 0.3) is 0 Å². The zero-order valence-electron chi connectivity index (χ0n) is 7.03. The van der Waals surface area contributed by atoms with Crippen LogP contribution < -0.4 is 0 Å². The maximum absolute atomic E-state index is 9.90. The number of nitrogens with zero attached hydrogens (tertiary/aromatic N) is 1. The molecule has 1 rings (SSSR count). The summed E-state index contributed by atoms with van der Waals surface area (Å²) in [6.07, 6.45) is 0. The number of hydrogen-bond acceptors (Lipinski definition) is 3. The number of hydrogen-bond donors (Lipinski definition) is 1. The highest BCUT2D eigenvalue weighted by Crippen LogP contribution is 2.27. The van der Waals surface area contributed by atoms with Crippen LogP contribution in [0, 0.1) is 5.92 Å². The third-order valence-electron chi connectivity index (χ3n) is 2.08. The van der Waals surface area contributed by atoms with Gasteiger partial charge >= 0.3 is 0 Å². The lowest BCUT2D eigenvalue weighted by Gasteiger charge is -2.25. The molecule has 1 N–H and O–H groups in total. The highest BCUT2D eigenvalue weighted by atomic mass is 32.1. The van der Waals surface area contributed by atoms with Crippen molar-refractivity contribution in [1.29, 1.82) is 0 Å². The van der Waals surface area contributed by atoms with Crippen LogP contribution in [0.3, 0.4) is 0 Å². The van der Waals surface area contributed by atoms with Gasteiger partial charge in [-0.2, -0.15) is 4.37 Å². The van der Waals surface area contributed by atoms with Gasteiger partial charge in [-0.05, 0) is 30.4 Å². The lowest BCUT2D eigenvalue weighted by molar-refractivity contribution is 0.00577. The summed E-state index contributed by atoms with van der Waals surface area (Å²) in [5, 5.41) is 11.8. The Hall–Kier alpha value is -0.410. The summed E-state index contributed by atoms with van der Waals surface area (Å²) in [4.78, 5) is 0. The fraction of sp³-hybridized carbons (Fsp3) is 0.625. The molecule has 0 aliphatic carbocycles. The molecule has 0 aliphatic rings. The van der Waals surface area contributed by atoms with Crippen molar-refractivity contribution in [1.82, 2.24) is 4.37 Å². The zero-order chi connectivity index (χ0) is 8.48. The van der Waals surface area contributed by atoms with Gasteiger partial charge in [-0.1, -0.05) is 13.8 Å². The van der Waals surface area contributed by atoms with Crippen LogP contribution in [0.2, 0.25) is 0 Å². The molecule has 3 heteroatoms. The van der Waals surface area contributed by atoms with E-state index in [1.165, 1.54) is 11.5 Å². The van der Waals surface area contributed by atoms with E-state index in [9.17, 15) is 5.11 Å². The molecule has 0 saturated heterocycles. The first-order chi connectivity index (χ1) is 5.05. The third kappa shape index (κ3) is 1.60. The first-order valence-corrected chi connectivity index (χ1v) is 4.52. The molecule has 11 heavy (non-hydrogen) atoms. The Morgan fingerprint density at radius 2 is 2.27 bits per heavy atom. The van der Waals surface area contributed by atoms with E-state index in [4.69, 9.17) is 0 Å². The average Bonchev–Trinajstić information content (AvgIpc) is 2.37. The minimum Gasteiger partial charge on any atom is -0.384 e. The molecule has 0 aromatic carbocycles. The van der Waals surface area contributed by atoms with E-state index in [-0.39, 0.29) is 5.92 Å². The van der Waals surface area contributed by atoms with Gasteiger partial charge in [0.2, 0.25) is 0 Å². The number of rotatable bonds is 2. The normalized spacial score (nSPS) is 16.8. The van der Waals surface area contributed by atoms with Gasteiger partial charge in [0.05, 0.1) is 5.69 Å². The summed E-state index contributed by atoms with van der Waals surface area (Å²) in [5.41, 5.74) is -0.00231. The van der Waals surface area contributed by atoms with Crippen molar-refractivity contribution in [3.63, 3.8) is 0 Å². The Kier molecular flexibility index (Phi) is 2.30. The topological polar surface area (TPSA) is 33.1 Å². The monoisotopic (exact) mass is 171 g/mol. The summed E-state index contributed by atoms with van der Waals surface area (Å²) >= 11 is 1.37. The number of aromatic nitrogens is 1. The molecule has 0 radical (unpaired) electrons. The standard InChI is InChI=1S/C8H13NOS/c1-6(2)8(3,10)7-4-5-11-9-7/h4-6,10H,1-3H3. The molecule has 1 aromatic rings. The van der Waals surface area contributed by atoms with E-state index >= 15 is 0 Å². The van der Waals surface area contributed by atoms with Gasteiger partial charge in [0, 0.05) is 5.38 Å². The second-order valence-electron chi connectivity index (χ2n) is 3.19. The van der Waals surface area contributed by atoms with Crippen molar-refractivity contribution in [2.24, 2.45) is 5.92 Å². The molecule has 62 valence electrons. The van der Waals surface area contributed by atoms with Crippen molar-refractivity contribution in [2.75, 3.05) is 0 Å². The lowest BCUT2D eigenvalue weighted by Crippen LogP contribution is -2.28. The molecule has 1 heterocycles. The zero-order valence-corrected chi connectivity index (χ0v) is 7.85. The predicted octanol–water partition coefficient (Wildman–Crippen LogP) is 2.01. The maximum atomic E-state index is 9.90. The highest BCUT2D eigenvalue weighted by molar-refractivity contribution is 7.03. The lowest BCUT2D eigenvalue weighted by atomic mass is 9.89. The van der Waals surface area contributed by atoms with Crippen molar-refractivity contribution in [3.8, 4) is 0 Å². The highest BCUT2D eigenvalue weighted by Gasteiger charge is 2.28. The molecule has 1 unspecified atom stereocenters. The van der Waals surface area contributed by atoms with Gasteiger partial charge < -0.3 is 5.11 Å². The summed E-state index contributed by atoms with van der Waals surface area (Å²) in [6, 6.07) is 1.87. The number of aliphatic hydroxyl groups is 1. The first kappa shape index (κ1) is 8.68. The second kappa shape index (κ2) is 2.91. The van der Waals surface area contributed by atoms with E-state index in [1.54, 1.807) is 6.92 Å². The van der Waals surface area contributed by atoms with Crippen LogP contribution in [-0.2, 0) is 5.60 Å². The largest absolute Gasteiger partial charge is 0.384 e. The van der Waals surface area contributed by atoms with Gasteiger partial charge in [-0.25, -0.2) is 0 Å². The van der Waals surface area contributed by atoms with Crippen LogP contribution >= 0.6 is 11.5 Å². The molecular weight excluding hydrogens is 158 g/mol. The molecule has 0 fully saturated rings. The third-order valence-corrected chi connectivity index (χ3v) is 2.64. The molecule has 0 spiro atoms. The van der Waals surface area contributed by atoms with Crippen molar-refractivity contribution >= 4 is 11.5 Å². The molecule has 0 aliphatic heterocycles. The maximum Gasteiger partial charge on any atom is 0.107 e. The van der Waals surface area contributed by atoms with E-state index in [0.717, 1.165) is 5.69 Å². The summed E-state index contributed by atoms with van der Waals surface area (Å²) in [7, 11) is 0. The van der Waals surface area contributed by atoms with Gasteiger partial charge in [-0.3, -0.25) is 0 Å². The molecule has 0 bridgehead atoms. The van der Waals surface area contributed by atoms with E-state index < -0.39 is 5.60 Å². The van der Waals surface area contributed by atoms with Gasteiger partial charge in [0.15, 0.2) is 0 Å². The van der Waals surface area contributed by atoms with Gasteiger partial charge in [-0.15, -0.1) is 0 Å². The Morgan fingerprint density at radius 1 is 1.64 bits per heavy atom. The molecular formula is C8H13NOS. The van der Waals surface area contributed by atoms with Crippen LogP contribution in [0.25, 0.3) is 0 Å². The summed E-state index contributed by atoms with van der Waals surface area (Å²) in [5.74, 6) is 0.199. The first-order valence-electron chi connectivity index (χ1n) is 3.68. The van der Waals surface area contributed by atoms with Crippen LogP contribution in [0.1, 0.15) is 26.5 Å². The Bertz CT molecular complexity index is 216. The Balaban J connectivity index is 2.90. The SMILES string of the molecule is CC(C)C(C)(O)c1ccsn1. The van der Waals surface area contributed by atoms with Gasteiger partial charge in [0.1, 0.15) is 5.60 Å². The molecule has 0 amide bonds. The fourth-order valence-corrected chi connectivity index (χ4v) is 1.38. The van der Waals surface area contributed by atoms with E-state index in [0.29, 0.717) is 0 Å².